The van der Waals surface area contributed by atoms with Crippen LogP contribution in [-0.2, 0) is 22.7 Å². The van der Waals surface area contributed by atoms with Gasteiger partial charge in [0, 0.05) is 61.6 Å². The van der Waals surface area contributed by atoms with Gasteiger partial charge >= 0.3 is 0 Å². The van der Waals surface area contributed by atoms with Crippen LogP contribution in [0, 0.1) is 13.8 Å². The topological polar surface area (TPSA) is 74.1 Å². The molecule has 0 N–H and O–H groups in total. The number of fused-ring (bicyclic) bond motifs is 8. The molecule has 1 aromatic heterocycles. The Kier molecular flexibility index (Phi) is 14.2. The van der Waals surface area contributed by atoms with Gasteiger partial charge in [0.1, 0.15) is 11.2 Å². The lowest BCUT2D eigenvalue weighted by atomic mass is 9.67. The molecule has 3 aliphatic rings. The average Bonchev–Trinajstić information content (AvgIpc) is 0.727. The van der Waals surface area contributed by atoms with E-state index in [1.165, 1.54) is 38.9 Å². The summed E-state index contributed by atoms with van der Waals surface area (Å²) < 4.78 is 6.45. The number of carbonyl (C=O) groups is 2. The highest BCUT2D eigenvalue weighted by atomic mass is 16.3. The largest absolute Gasteiger partial charge is 0.456 e. The molecule has 478 valence electrons. The first-order chi connectivity index (χ1) is 48.0. The number of ketones is 2. The Labute approximate surface area is 577 Å². The van der Waals surface area contributed by atoms with Crippen molar-refractivity contribution < 1.29 is 14.0 Å². The number of nitrogens with zero attached hydrogens (tertiary/aromatic N) is 3. The van der Waals surface area contributed by atoms with Crippen LogP contribution in [0.25, 0.3) is 44.2 Å². The molecule has 7 nitrogen and oxygen atoms in total. The van der Waals surface area contributed by atoms with E-state index in [4.69, 9.17) is 4.42 Å². The second-order valence-corrected chi connectivity index (χ2v) is 28.2. The van der Waals surface area contributed by atoms with E-state index in [1.54, 1.807) is 0 Å². The molecule has 0 fully saturated rings. The SMILES string of the molecule is Cc1ccc(C(=O)c2cc(-c3ccc(N4c5ccccc5C(C)(C)c5cc(CC6(C)c7ccccc7N(c7ccc8c(=O)c9ccccc9oc8c7)c7ccccc76)ccc54)cc3)c(C(=O)c3ccc(C)cc3)cc2-c2ccc(N3c4ccccc4C(C)(C)c4ccccc43)cc2)cc1. The Bertz CT molecular complexity index is 5610. The quantitative estimate of drug-likeness (QED) is 0.0943. The third-order valence-electron chi connectivity index (χ3n) is 21.4. The monoisotopic (exact) mass is 1280 g/mol. The summed E-state index contributed by atoms with van der Waals surface area (Å²) in [6, 6.07) is 100. The van der Waals surface area contributed by atoms with Crippen LogP contribution in [0.5, 0.6) is 0 Å². The molecule has 0 saturated carbocycles. The van der Waals surface area contributed by atoms with Gasteiger partial charge in [-0.1, -0.05) is 234 Å². The molecule has 7 heteroatoms. The first kappa shape index (κ1) is 60.7. The van der Waals surface area contributed by atoms with Crippen LogP contribution in [0.15, 0.2) is 300 Å². The zero-order valence-corrected chi connectivity index (χ0v) is 56.4. The molecule has 99 heavy (non-hydrogen) atoms. The van der Waals surface area contributed by atoms with Gasteiger partial charge < -0.3 is 19.1 Å². The van der Waals surface area contributed by atoms with Crippen molar-refractivity contribution in [2.24, 2.45) is 0 Å². The van der Waals surface area contributed by atoms with Gasteiger partial charge in [-0.25, -0.2) is 0 Å². The van der Waals surface area contributed by atoms with Gasteiger partial charge in [0.15, 0.2) is 11.6 Å². The van der Waals surface area contributed by atoms with E-state index in [1.807, 2.05) is 117 Å². The minimum absolute atomic E-state index is 0.0407. The van der Waals surface area contributed by atoms with E-state index in [0.29, 0.717) is 55.3 Å². The van der Waals surface area contributed by atoms with E-state index in [9.17, 15) is 4.79 Å². The molecule has 4 heterocycles. The van der Waals surface area contributed by atoms with Crippen molar-refractivity contribution in [3.05, 3.63) is 374 Å². The summed E-state index contributed by atoms with van der Waals surface area (Å²) >= 11 is 0. The molecule has 14 aromatic rings. The summed E-state index contributed by atoms with van der Waals surface area (Å²) in [4.78, 5) is 51.6. The van der Waals surface area contributed by atoms with Gasteiger partial charge in [-0.05, 0) is 179 Å². The Morgan fingerprint density at radius 2 is 0.717 bits per heavy atom. The van der Waals surface area contributed by atoms with Crippen LogP contribution in [0.2, 0.25) is 0 Å². The van der Waals surface area contributed by atoms with Gasteiger partial charge in [0.25, 0.3) is 0 Å². The molecular formula is C92H71N3O4. The second kappa shape index (κ2) is 23.1. The van der Waals surface area contributed by atoms with Crippen LogP contribution in [-0.4, -0.2) is 11.6 Å². The van der Waals surface area contributed by atoms with E-state index >= 15 is 9.59 Å². The summed E-state index contributed by atoms with van der Waals surface area (Å²) in [7, 11) is 0. The molecule has 0 bridgehead atoms. The molecule has 0 amide bonds. The highest BCUT2D eigenvalue weighted by molar-refractivity contribution is 6.18. The lowest BCUT2D eigenvalue weighted by Crippen LogP contribution is -2.35. The van der Waals surface area contributed by atoms with Gasteiger partial charge in [-0.2, -0.15) is 0 Å². The van der Waals surface area contributed by atoms with Gasteiger partial charge in [0.2, 0.25) is 5.43 Å². The van der Waals surface area contributed by atoms with Crippen molar-refractivity contribution in [3.8, 4) is 22.3 Å². The average molecular weight is 1280 g/mol. The highest BCUT2D eigenvalue weighted by Crippen LogP contribution is 2.57. The smallest absolute Gasteiger partial charge is 0.200 e. The van der Waals surface area contributed by atoms with Crippen molar-refractivity contribution in [2.75, 3.05) is 14.7 Å². The summed E-state index contributed by atoms with van der Waals surface area (Å²) in [5.74, 6) is -0.269. The number of aryl methyl sites for hydroxylation is 2. The molecule has 0 saturated heterocycles. The molecule has 3 aliphatic heterocycles. The molecule has 13 aromatic carbocycles. The fourth-order valence-electron chi connectivity index (χ4n) is 16.2. The zero-order chi connectivity index (χ0) is 67.6. The van der Waals surface area contributed by atoms with Gasteiger partial charge in [0.05, 0.1) is 44.9 Å². The molecule has 17 rings (SSSR count). The minimum Gasteiger partial charge on any atom is -0.456 e. The fraction of sp³-hybridized carbons (Fsp3) is 0.120. The third kappa shape index (κ3) is 9.81. The fourth-order valence-corrected chi connectivity index (χ4v) is 16.2. The van der Waals surface area contributed by atoms with Crippen LogP contribution >= 0.6 is 0 Å². The Hall–Kier alpha value is -11.9. The Morgan fingerprint density at radius 3 is 1.19 bits per heavy atom. The van der Waals surface area contributed by atoms with Crippen LogP contribution in [0.1, 0.15) is 117 Å². The predicted molar refractivity (Wildman–Crippen MR) is 405 cm³/mol. The van der Waals surface area contributed by atoms with E-state index < -0.39 is 5.41 Å². The summed E-state index contributed by atoms with van der Waals surface area (Å²) in [5.41, 5.74) is 25.1. The van der Waals surface area contributed by atoms with Crippen molar-refractivity contribution in [1.82, 2.24) is 0 Å². The number of anilines is 9. The standard InChI is InChI=1S/C92H71N3O4/c1-57-32-37-62(38-33-57)87(96)71-55-70(72(88(97)63-39-34-58(2)35-40-63)54-69(71)60-41-45-64(46-42-60)93-79-26-14-9-21-73(79)90(3,4)74-22-10-15-27-80(74)93)61-43-47-65(48-44-61)94-81-28-16-11-23-75(81)91(5,6)78-52-59(36-51-84(78)94)56-92(7)76-24-12-17-29-82(76)95(83-30-18-13-25-77(83)92)66-49-50-68-86(53-66)99-85-31-19-8-20-67(85)89(68)98/h8-55H,56H2,1-7H3. The first-order valence-corrected chi connectivity index (χ1v) is 34.1. The zero-order valence-electron chi connectivity index (χ0n) is 56.4. The van der Waals surface area contributed by atoms with Gasteiger partial charge in [-0.15, -0.1) is 0 Å². The maximum atomic E-state index is 15.5. The second-order valence-electron chi connectivity index (χ2n) is 28.2. The lowest BCUT2D eigenvalue weighted by molar-refractivity contribution is 0.102. The number of hydrogen-bond donors (Lipinski definition) is 0. The number of para-hydroxylation sites is 6. The normalized spacial score (nSPS) is 14.4. The van der Waals surface area contributed by atoms with Crippen LogP contribution in [0.3, 0.4) is 0 Å². The number of carbonyl (C=O) groups excluding carboxylic acids is 2. The summed E-state index contributed by atoms with van der Waals surface area (Å²) in [6.45, 7) is 15.7. The number of rotatable bonds is 11. The van der Waals surface area contributed by atoms with Crippen LogP contribution in [0.4, 0.5) is 51.2 Å². The van der Waals surface area contributed by atoms with Crippen molar-refractivity contribution in [2.45, 2.75) is 71.1 Å². The van der Waals surface area contributed by atoms with E-state index in [2.05, 4.69) is 237 Å². The predicted octanol–water partition coefficient (Wildman–Crippen LogP) is 22.9. The highest BCUT2D eigenvalue weighted by Gasteiger charge is 2.43. The van der Waals surface area contributed by atoms with E-state index in [-0.39, 0.29) is 27.8 Å². The van der Waals surface area contributed by atoms with Crippen LogP contribution < -0.4 is 20.1 Å². The Morgan fingerprint density at radius 1 is 0.343 bits per heavy atom. The Balaban J connectivity index is 0.758. The van der Waals surface area contributed by atoms with Crippen molar-refractivity contribution >= 4 is 84.7 Å². The number of hydrogen-bond acceptors (Lipinski definition) is 7. The molecule has 0 spiro atoms. The van der Waals surface area contributed by atoms with Crippen molar-refractivity contribution in [1.29, 1.82) is 0 Å². The number of benzene rings is 13. The van der Waals surface area contributed by atoms with Crippen molar-refractivity contribution in [3.63, 3.8) is 0 Å². The minimum atomic E-state index is -0.456. The molecule has 0 aliphatic carbocycles. The maximum Gasteiger partial charge on any atom is 0.200 e. The molecule has 0 unspecified atom stereocenters. The maximum absolute atomic E-state index is 15.5. The third-order valence-corrected chi connectivity index (χ3v) is 21.4. The van der Waals surface area contributed by atoms with Gasteiger partial charge in [-0.3, -0.25) is 14.4 Å². The van der Waals surface area contributed by atoms with E-state index in [0.717, 1.165) is 79.9 Å². The summed E-state index contributed by atoms with van der Waals surface area (Å²) in [5, 5.41) is 1.12. The summed E-state index contributed by atoms with van der Waals surface area (Å²) in [6.07, 6.45) is 0.719. The molecule has 0 radical (unpaired) electrons. The lowest BCUT2D eigenvalue weighted by Gasteiger charge is -2.45. The molecular weight excluding hydrogens is 1210 g/mol. The first-order valence-electron chi connectivity index (χ1n) is 34.1. The molecule has 0 atom stereocenters.